The minimum absolute atomic E-state index is 0.0338. The van der Waals surface area contributed by atoms with Crippen molar-refractivity contribution in [2.75, 3.05) is 26.2 Å². The number of nitrogens with one attached hydrogen (secondary N) is 1. The van der Waals surface area contributed by atoms with Crippen molar-refractivity contribution in [3.63, 3.8) is 0 Å². The predicted octanol–water partition coefficient (Wildman–Crippen LogP) is 5.31. The SMILES string of the molecule is C=CCN1C(=O)N[C@@H](c2ccccc2C(F)(F)F)C2=C1CN([C@@H](Cc1ccccc1)C(=O)N(CCC)CCC)C2=O. The number of carbonyl (C=O) groups is 3. The van der Waals surface area contributed by atoms with E-state index in [0.717, 1.165) is 24.5 Å². The first-order valence-corrected chi connectivity index (χ1v) is 13.8. The van der Waals surface area contributed by atoms with Crippen molar-refractivity contribution in [2.24, 2.45) is 0 Å². The molecule has 4 amide bonds. The summed E-state index contributed by atoms with van der Waals surface area (Å²) >= 11 is 0. The first kappa shape index (κ1) is 29.9. The molecule has 0 radical (unpaired) electrons. The highest BCUT2D eigenvalue weighted by atomic mass is 19.4. The molecule has 2 atom stereocenters. The van der Waals surface area contributed by atoms with Crippen LogP contribution in [-0.4, -0.2) is 64.8 Å². The number of urea groups is 1. The van der Waals surface area contributed by atoms with Crippen LogP contribution in [0.4, 0.5) is 18.0 Å². The van der Waals surface area contributed by atoms with E-state index in [-0.39, 0.29) is 42.3 Å². The normalized spacial score (nSPS) is 17.8. The summed E-state index contributed by atoms with van der Waals surface area (Å²) in [5, 5.41) is 2.62. The van der Waals surface area contributed by atoms with E-state index in [4.69, 9.17) is 0 Å². The standard InChI is InChI=1S/C31H35F3N4O3/c1-4-16-36(17-5-2)28(39)24(19-21-12-8-7-9-13-21)38-20-25-26(29(38)40)27(35-30(41)37(25)18-6-3)22-14-10-11-15-23(22)31(32,33)34/h6-15,24,27H,3-5,16-20H2,1-2H3,(H,35,41)/t24-,27-/m0/s1. The zero-order valence-electron chi connectivity index (χ0n) is 23.3. The van der Waals surface area contributed by atoms with Gasteiger partial charge in [0.25, 0.3) is 5.91 Å². The van der Waals surface area contributed by atoms with Crippen LogP contribution in [-0.2, 0) is 22.2 Å². The highest BCUT2D eigenvalue weighted by Crippen LogP contribution is 2.42. The molecule has 0 unspecified atom stereocenters. The van der Waals surface area contributed by atoms with Crippen LogP contribution >= 0.6 is 0 Å². The minimum Gasteiger partial charge on any atom is -0.341 e. The molecule has 0 bridgehead atoms. The molecule has 2 aromatic carbocycles. The Morgan fingerprint density at radius 3 is 2.32 bits per heavy atom. The van der Waals surface area contributed by atoms with Crippen molar-refractivity contribution < 1.29 is 27.6 Å². The highest BCUT2D eigenvalue weighted by Gasteiger charge is 2.49. The van der Waals surface area contributed by atoms with E-state index in [9.17, 15) is 27.6 Å². The van der Waals surface area contributed by atoms with Gasteiger partial charge in [0.15, 0.2) is 0 Å². The van der Waals surface area contributed by atoms with Crippen LogP contribution in [0.15, 0.2) is 78.5 Å². The van der Waals surface area contributed by atoms with Gasteiger partial charge >= 0.3 is 12.2 Å². The van der Waals surface area contributed by atoms with Gasteiger partial charge < -0.3 is 15.1 Å². The summed E-state index contributed by atoms with van der Waals surface area (Å²) in [6, 6.07) is 11.3. The van der Waals surface area contributed by atoms with Gasteiger partial charge in [-0.25, -0.2) is 4.79 Å². The Bertz CT molecular complexity index is 1320. The van der Waals surface area contributed by atoms with Crippen molar-refractivity contribution in [1.29, 1.82) is 0 Å². The first-order valence-electron chi connectivity index (χ1n) is 13.8. The molecule has 0 saturated carbocycles. The maximum absolute atomic E-state index is 14.2. The lowest BCUT2D eigenvalue weighted by Crippen LogP contribution is -2.51. The Balaban J connectivity index is 1.81. The van der Waals surface area contributed by atoms with Crippen LogP contribution < -0.4 is 5.32 Å². The van der Waals surface area contributed by atoms with Gasteiger partial charge in [-0.05, 0) is 30.0 Å². The van der Waals surface area contributed by atoms with Crippen LogP contribution in [0.5, 0.6) is 0 Å². The van der Waals surface area contributed by atoms with Gasteiger partial charge in [-0.1, -0.05) is 68.5 Å². The molecule has 7 nitrogen and oxygen atoms in total. The second-order valence-corrected chi connectivity index (χ2v) is 10.2. The molecular formula is C31H35F3N4O3. The number of nitrogens with zero attached hydrogens (tertiary/aromatic N) is 3. The highest BCUT2D eigenvalue weighted by molar-refractivity contribution is 6.03. The average molecular weight is 569 g/mol. The van der Waals surface area contributed by atoms with Crippen molar-refractivity contribution in [2.45, 2.75) is 51.4 Å². The summed E-state index contributed by atoms with van der Waals surface area (Å²) in [6.07, 6.45) is -1.53. The maximum Gasteiger partial charge on any atom is 0.416 e. The van der Waals surface area contributed by atoms with Gasteiger partial charge in [-0.15, -0.1) is 6.58 Å². The van der Waals surface area contributed by atoms with Crippen LogP contribution in [0.2, 0.25) is 0 Å². The number of rotatable bonds is 11. The molecule has 10 heteroatoms. The Hall–Kier alpha value is -4.08. The predicted molar refractivity (Wildman–Crippen MR) is 149 cm³/mol. The number of hydrogen-bond acceptors (Lipinski definition) is 3. The molecule has 2 aliphatic heterocycles. The van der Waals surface area contributed by atoms with Crippen molar-refractivity contribution in [1.82, 2.24) is 20.0 Å². The van der Waals surface area contributed by atoms with E-state index in [1.54, 1.807) is 4.90 Å². The van der Waals surface area contributed by atoms with Crippen LogP contribution in [0.25, 0.3) is 0 Å². The lowest BCUT2D eigenvalue weighted by molar-refractivity contribution is -0.143. The molecule has 0 aromatic heterocycles. The van der Waals surface area contributed by atoms with Gasteiger partial charge in [0.2, 0.25) is 5.91 Å². The Morgan fingerprint density at radius 1 is 1.07 bits per heavy atom. The number of hydrogen-bond donors (Lipinski definition) is 1. The molecule has 2 heterocycles. The average Bonchev–Trinajstić information content (AvgIpc) is 3.29. The molecule has 218 valence electrons. The van der Waals surface area contributed by atoms with E-state index in [2.05, 4.69) is 11.9 Å². The summed E-state index contributed by atoms with van der Waals surface area (Å²) in [6.45, 7) is 8.62. The van der Waals surface area contributed by atoms with E-state index in [0.29, 0.717) is 13.1 Å². The lowest BCUT2D eigenvalue weighted by Gasteiger charge is -2.34. The van der Waals surface area contributed by atoms with E-state index < -0.39 is 35.8 Å². The molecule has 0 aliphatic carbocycles. The lowest BCUT2D eigenvalue weighted by atomic mass is 9.91. The minimum atomic E-state index is -4.70. The van der Waals surface area contributed by atoms with E-state index in [1.165, 1.54) is 34.1 Å². The van der Waals surface area contributed by atoms with Gasteiger partial charge in [-0.3, -0.25) is 14.5 Å². The number of halogens is 3. The molecule has 0 saturated heterocycles. The molecular weight excluding hydrogens is 533 g/mol. The number of carbonyl (C=O) groups excluding carboxylic acids is 3. The molecule has 2 aromatic rings. The second kappa shape index (κ2) is 12.6. The molecule has 0 spiro atoms. The van der Waals surface area contributed by atoms with Crippen molar-refractivity contribution >= 4 is 17.8 Å². The van der Waals surface area contributed by atoms with Crippen molar-refractivity contribution in [3.8, 4) is 0 Å². The topological polar surface area (TPSA) is 73.0 Å². The summed E-state index contributed by atoms with van der Waals surface area (Å²) in [4.78, 5) is 45.9. The number of amides is 4. The third-order valence-corrected chi connectivity index (χ3v) is 7.37. The summed E-state index contributed by atoms with van der Waals surface area (Å²) in [5.74, 6) is -0.800. The van der Waals surface area contributed by atoms with Gasteiger partial charge in [0.1, 0.15) is 6.04 Å². The van der Waals surface area contributed by atoms with Crippen LogP contribution in [0.3, 0.4) is 0 Å². The number of alkyl halides is 3. The molecule has 1 N–H and O–H groups in total. The smallest absolute Gasteiger partial charge is 0.341 e. The Morgan fingerprint density at radius 2 is 1.71 bits per heavy atom. The zero-order valence-corrected chi connectivity index (χ0v) is 23.3. The third-order valence-electron chi connectivity index (χ3n) is 7.37. The van der Waals surface area contributed by atoms with Gasteiger partial charge in [-0.2, -0.15) is 13.2 Å². The maximum atomic E-state index is 14.2. The Kier molecular flexibility index (Phi) is 9.20. The zero-order chi connectivity index (χ0) is 29.7. The van der Waals surface area contributed by atoms with Crippen LogP contribution in [0, 0.1) is 0 Å². The fraction of sp³-hybridized carbons (Fsp3) is 0.387. The fourth-order valence-electron chi connectivity index (χ4n) is 5.58. The molecule has 4 rings (SSSR count). The monoisotopic (exact) mass is 568 g/mol. The van der Waals surface area contributed by atoms with Gasteiger partial charge in [0, 0.05) is 26.1 Å². The summed E-state index contributed by atoms with van der Waals surface area (Å²) in [5.41, 5.74) is -0.00321. The second-order valence-electron chi connectivity index (χ2n) is 10.2. The first-order chi connectivity index (χ1) is 19.6. The molecule has 2 aliphatic rings. The Labute approximate surface area is 238 Å². The van der Waals surface area contributed by atoms with E-state index >= 15 is 0 Å². The van der Waals surface area contributed by atoms with Crippen molar-refractivity contribution in [3.05, 3.63) is 95.2 Å². The quantitative estimate of drug-likeness (QED) is 0.374. The van der Waals surface area contributed by atoms with Crippen LogP contribution in [0.1, 0.15) is 49.4 Å². The largest absolute Gasteiger partial charge is 0.416 e. The molecule has 41 heavy (non-hydrogen) atoms. The van der Waals surface area contributed by atoms with Gasteiger partial charge in [0.05, 0.1) is 29.4 Å². The summed E-state index contributed by atoms with van der Waals surface area (Å²) in [7, 11) is 0. The fourth-order valence-corrected chi connectivity index (χ4v) is 5.58. The summed E-state index contributed by atoms with van der Waals surface area (Å²) < 4.78 is 42.1. The van der Waals surface area contributed by atoms with E-state index in [1.807, 2.05) is 44.2 Å². The third kappa shape index (κ3) is 6.16. The molecule has 0 fully saturated rings. The number of benzene rings is 2.